The van der Waals surface area contributed by atoms with Crippen LogP contribution >= 0.6 is 0 Å². The van der Waals surface area contributed by atoms with Crippen LogP contribution < -0.4 is 5.73 Å². The largest absolute Gasteiger partial charge is 0.444 e. The fourth-order valence-electron chi connectivity index (χ4n) is 2.79. The highest BCUT2D eigenvalue weighted by Crippen LogP contribution is 2.29. The zero-order chi connectivity index (χ0) is 14.9. The molecular weight excluding hydrogens is 269 g/mol. The highest BCUT2D eigenvalue weighted by Gasteiger charge is 2.32. The topological polar surface area (TPSA) is 55.3 Å². The summed E-state index contributed by atoms with van der Waals surface area (Å²) in [5.41, 5.74) is 7.56. The molecule has 2 aromatic rings. The number of benzene rings is 1. The van der Waals surface area contributed by atoms with Crippen LogP contribution in [0.3, 0.4) is 0 Å². The van der Waals surface area contributed by atoms with Crippen molar-refractivity contribution in [3.63, 3.8) is 0 Å². The number of rotatable bonds is 4. The van der Waals surface area contributed by atoms with E-state index in [0.29, 0.717) is 18.0 Å². The van der Waals surface area contributed by atoms with Gasteiger partial charge in [-0.15, -0.1) is 0 Å². The molecule has 1 unspecified atom stereocenters. The Hall–Kier alpha value is -1.72. The van der Waals surface area contributed by atoms with Crippen LogP contribution in [0, 0.1) is 11.2 Å². The van der Waals surface area contributed by atoms with Crippen molar-refractivity contribution in [3.05, 3.63) is 42.0 Å². The maximum Gasteiger partial charge on any atom is 0.226 e. The van der Waals surface area contributed by atoms with Crippen molar-refractivity contribution in [1.82, 2.24) is 9.88 Å². The lowest BCUT2D eigenvalue weighted by atomic mass is 9.90. The molecule has 1 atom stereocenters. The number of oxazole rings is 1. The molecule has 1 aromatic heterocycles. The monoisotopic (exact) mass is 289 g/mol. The van der Waals surface area contributed by atoms with Crippen LogP contribution in [-0.4, -0.2) is 29.5 Å². The molecule has 21 heavy (non-hydrogen) atoms. The lowest BCUT2D eigenvalue weighted by molar-refractivity contribution is 0.272. The molecule has 1 saturated heterocycles. The molecule has 3 rings (SSSR count). The molecule has 0 aliphatic carbocycles. The molecule has 4 nitrogen and oxygen atoms in total. The quantitative estimate of drug-likeness (QED) is 0.940. The molecule has 0 bridgehead atoms. The number of nitrogens with zero attached hydrogens (tertiary/aromatic N) is 2. The maximum atomic E-state index is 13.2. The fourth-order valence-corrected chi connectivity index (χ4v) is 2.79. The first-order valence-electron chi connectivity index (χ1n) is 7.21. The molecule has 1 aliphatic rings. The first-order valence-corrected chi connectivity index (χ1v) is 7.21. The molecule has 1 aliphatic heterocycles. The Morgan fingerprint density at radius 2 is 2.33 bits per heavy atom. The Balaban J connectivity index is 1.69. The summed E-state index contributed by atoms with van der Waals surface area (Å²) in [4.78, 5) is 6.79. The summed E-state index contributed by atoms with van der Waals surface area (Å²) >= 11 is 0. The molecule has 1 aromatic carbocycles. The van der Waals surface area contributed by atoms with E-state index in [1.165, 1.54) is 12.1 Å². The second-order valence-electron chi connectivity index (χ2n) is 6.13. The number of halogens is 1. The molecule has 0 saturated carbocycles. The van der Waals surface area contributed by atoms with Gasteiger partial charge >= 0.3 is 0 Å². The van der Waals surface area contributed by atoms with Crippen LogP contribution in [0.1, 0.15) is 19.0 Å². The molecule has 1 fully saturated rings. The minimum absolute atomic E-state index is 0.203. The van der Waals surface area contributed by atoms with Gasteiger partial charge in [-0.25, -0.2) is 9.37 Å². The van der Waals surface area contributed by atoms with Gasteiger partial charge in [0.25, 0.3) is 0 Å². The summed E-state index contributed by atoms with van der Waals surface area (Å²) in [6.45, 7) is 5.67. The van der Waals surface area contributed by atoms with Crippen molar-refractivity contribution in [2.75, 3.05) is 19.6 Å². The van der Waals surface area contributed by atoms with Gasteiger partial charge in [0.2, 0.25) is 5.89 Å². The van der Waals surface area contributed by atoms with E-state index < -0.39 is 0 Å². The predicted molar refractivity (Wildman–Crippen MR) is 79.0 cm³/mol. The average molecular weight is 289 g/mol. The zero-order valence-corrected chi connectivity index (χ0v) is 12.2. The van der Waals surface area contributed by atoms with Crippen LogP contribution in [0.4, 0.5) is 4.39 Å². The van der Waals surface area contributed by atoms with Gasteiger partial charge in [-0.3, -0.25) is 4.90 Å². The third-order valence-electron chi connectivity index (χ3n) is 4.14. The molecule has 2 N–H and O–H groups in total. The summed E-state index contributed by atoms with van der Waals surface area (Å²) in [6, 6.07) is 6.28. The Morgan fingerprint density at radius 1 is 1.48 bits per heavy atom. The SMILES string of the molecule is CC1(CN)CCN(Cc2coc(-c3cccc(F)c3)n2)C1. The maximum absolute atomic E-state index is 13.2. The second kappa shape index (κ2) is 5.58. The Bertz CT molecular complexity index is 627. The van der Waals surface area contributed by atoms with Gasteiger partial charge in [0.1, 0.15) is 12.1 Å². The smallest absolute Gasteiger partial charge is 0.226 e. The molecule has 112 valence electrons. The molecule has 5 heteroatoms. The Labute approximate surface area is 123 Å². The van der Waals surface area contributed by atoms with Crippen molar-refractivity contribution < 1.29 is 8.81 Å². The number of hydrogen-bond acceptors (Lipinski definition) is 4. The predicted octanol–water partition coefficient (Wildman–Crippen LogP) is 2.65. The van der Waals surface area contributed by atoms with Crippen molar-refractivity contribution in [1.29, 1.82) is 0 Å². The van der Waals surface area contributed by atoms with Crippen molar-refractivity contribution in [2.24, 2.45) is 11.1 Å². The average Bonchev–Trinajstić information content (AvgIpc) is 3.07. The molecule has 0 spiro atoms. The van der Waals surface area contributed by atoms with E-state index in [9.17, 15) is 4.39 Å². The molecule has 0 radical (unpaired) electrons. The minimum Gasteiger partial charge on any atom is -0.444 e. The second-order valence-corrected chi connectivity index (χ2v) is 6.13. The summed E-state index contributed by atoms with van der Waals surface area (Å²) in [5.74, 6) is 0.177. The van der Waals surface area contributed by atoms with Gasteiger partial charge in [0.15, 0.2) is 0 Å². The van der Waals surface area contributed by atoms with Crippen molar-refractivity contribution in [3.8, 4) is 11.5 Å². The summed E-state index contributed by atoms with van der Waals surface area (Å²) in [7, 11) is 0. The summed E-state index contributed by atoms with van der Waals surface area (Å²) in [5, 5.41) is 0. The first kappa shape index (κ1) is 14.2. The van der Waals surface area contributed by atoms with Crippen LogP contribution in [0.5, 0.6) is 0 Å². The van der Waals surface area contributed by atoms with Gasteiger partial charge in [0.05, 0.1) is 5.69 Å². The van der Waals surface area contributed by atoms with E-state index in [0.717, 1.165) is 31.7 Å². The van der Waals surface area contributed by atoms with Gasteiger partial charge in [-0.05, 0) is 43.1 Å². The summed E-state index contributed by atoms with van der Waals surface area (Å²) in [6.07, 6.45) is 2.76. The normalized spacial score (nSPS) is 22.8. The third-order valence-corrected chi connectivity index (χ3v) is 4.14. The molecular formula is C16H20FN3O. The van der Waals surface area contributed by atoms with Crippen molar-refractivity contribution in [2.45, 2.75) is 19.9 Å². The lowest BCUT2D eigenvalue weighted by Gasteiger charge is -2.21. The van der Waals surface area contributed by atoms with Crippen LogP contribution in [0.15, 0.2) is 34.9 Å². The molecule has 2 heterocycles. The lowest BCUT2D eigenvalue weighted by Crippen LogP contribution is -2.31. The van der Waals surface area contributed by atoms with Crippen LogP contribution in [-0.2, 0) is 6.54 Å². The third kappa shape index (κ3) is 3.14. The highest BCUT2D eigenvalue weighted by atomic mass is 19.1. The van der Waals surface area contributed by atoms with E-state index in [-0.39, 0.29) is 11.2 Å². The van der Waals surface area contributed by atoms with Crippen molar-refractivity contribution >= 4 is 0 Å². The highest BCUT2D eigenvalue weighted by molar-refractivity contribution is 5.52. The van der Waals surface area contributed by atoms with Gasteiger partial charge in [-0.1, -0.05) is 13.0 Å². The van der Waals surface area contributed by atoms with Gasteiger partial charge in [-0.2, -0.15) is 0 Å². The van der Waals surface area contributed by atoms with E-state index in [2.05, 4.69) is 16.8 Å². The number of hydrogen-bond donors (Lipinski definition) is 1. The number of aromatic nitrogens is 1. The van der Waals surface area contributed by atoms with E-state index in [1.54, 1.807) is 18.4 Å². The standard InChI is InChI=1S/C16H20FN3O/c1-16(10-18)5-6-20(11-16)8-14-9-21-15(19-14)12-3-2-4-13(17)7-12/h2-4,7,9H,5-6,8,10-11,18H2,1H3. The number of nitrogens with two attached hydrogens (primary N) is 1. The van der Waals surface area contributed by atoms with Gasteiger partial charge in [0, 0.05) is 18.7 Å². The van der Waals surface area contributed by atoms with E-state index >= 15 is 0 Å². The van der Waals surface area contributed by atoms with Gasteiger partial charge < -0.3 is 10.2 Å². The summed E-state index contributed by atoms with van der Waals surface area (Å²) < 4.78 is 18.7. The minimum atomic E-state index is -0.287. The molecule has 0 amide bonds. The van der Waals surface area contributed by atoms with E-state index in [4.69, 9.17) is 10.2 Å². The fraction of sp³-hybridized carbons (Fsp3) is 0.438. The Kier molecular flexibility index (Phi) is 3.78. The Morgan fingerprint density at radius 3 is 3.05 bits per heavy atom. The number of likely N-dealkylation sites (tertiary alicyclic amines) is 1. The zero-order valence-electron chi connectivity index (χ0n) is 12.2. The first-order chi connectivity index (χ1) is 10.1. The van der Waals surface area contributed by atoms with E-state index in [1.807, 2.05) is 0 Å². The van der Waals surface area contributed by atoms with Crippen LogP contribution in [0.25, 0.3) is 11.5 Å². The van der Waals surface area contributed by atoms with Crippen LogP contribution in [0.2, 0.25) is 0 Å².